The summed E-state index contributed by atoms with van der Waals surface area (Å²) in [6, 6.07) is 14.9. The molecule has 0 radical (unpaired) electrons. The van der Waals surface area contributed by atoms with E-state index in [2.05, 4.69) is 31.9 Å². The lowest BCUT2D eigenvalue weighted by atomic mass is 9.86. The molecule has 3 nitrogen and oxygen atoms in total. The van der Waals surface area contributed by atoms with Crippen molar-refractivity contribution in [1.29, 1.82) is 0 Å². The van der Waals surface area contributed by atoms with Crippen LogP contribution in [-0.2, 0) is 19.9 Å². The summed E-state index contributed by atoms with van der Waals surface area (Å²) in [5, 5.41) is 0. The molecule has 0 aromatic heterocycles. The molecule has 0 N–H and O–H groups in total. The summed E-state index contributed by atoms with van der Waals surface area (Å²) in [4.78, 5) is 12.7. The monoisotopic (exact) mass is 426 g/mol. The standard InChI is InChI=1S/C17H16Br2O3/c1-3-22-16(20)17(21-2,12-4-8-14(18)9-5-12)13-6-10-15(19)11-7-13/h4-11H,3H2,1-2H3. The number of hydrogen-bond donors (Lipinski definition) is 0. The number of ether oxygens (including phenoxy) is 2. The smallest absolute Gasteiger partial charge is 0.347 e. The second-order valence-corrected chi connectivity index (χ2v) is 6.45. The third-order valence-corrected chi connectivity index (χ3v) is 4.43. The Morgan fingerprint density at radius 1 is 0.955 bits per heavy atom. The minimum Gasteiger partial charge on any atom is -0.463 e. The van der Waals surface area contributed by atoms with Crippen LogP contribution in [0.5, 0.6) is 0 Å². The van der Waals surface area contributed by atoms with Crippen molar-refractivity contribution < 1.29 is 14.3 Å². The van der Waals surface area contributed by atoms with Gasteiger partial charge in [-0.25, -0.2) is 4.79 Å². The second kappa shape index (κ2) is 7.40. The van der Waals surface area contributed by atoms with E-state index < -0.39 is 11.6 Å². The highest BCUT2D eigenvalue weighted by molar-refractivity contribution is 9.10. The van der Waals surface area contributed by atoms with Crippen molar-refractivity contribution in [3.05, 3.63) is 68.6 Å². The van der Waals surface area contributed by atoms with Gasteiger partial charge in [-0.1, -0.05) is 56.1 Å². The minimum absolute atomic E-state index is 0.289. The Morgan fingerprint density at radius 3 is 1.68 bits per heavy atom. The molecule has 2 rings (SSSR count). The lowest BCUT2D eigenvalue weighted by molar-refractivity contribution is -0.164. The van der Waals surface area contributed by atoms with E-state index in [1.807, 2.05) is 48.5 Å². The van der Waals surface area contributed by atoms with Gasteiger partial charge in [-0.2, -0.15) is 0 Å². The number of methoxy groups -OCH3 is 1. The molecular formula is C17H16Br2O3. The van der Waals surface area contributed by atoms with Crippen LogP contribution in [0.15, 0.2) is 57.5 Å². The average molecular weight is 428 g/mol. The highest BCUT2D eigenvalue weighted by Crippen LogP contribution is 2.36. The first-order chi connectivity index (χ1) is 10.5. The molecule has 0 aliphatic heterocycles. The highest BCUT2D eigenvalue weighted by atomic mass is 79.9. The number of halogens is 2. The quantitative estimate of drug-likeness (QED) is 0.650. The van der Waals surface area contributed by atoms with Crippen LogP contribution in [0.1, 0.15) is 18.1 Å². The Balaban J connectivity index is 2.63. The van der Waals surface area contributed by atoms with Crippen molar-refractivity contribution in [2.24, 2.45) is 0 Å². The summed E-state index contributed by atoms with van der Waals surface area (Å²) in [6.07, 6.45) is 0. The fourth-order valence-electron chi connectivity index (χ4n) is 2.32. The molecule has 5 heteroatoms. The van der Waals surface area contributed by atoms with Gasteiger partial charge in [0.15, 0.2) is 0 Å². The first-order valence-corrected chi connectivity index (χ1v) is 8.37. The van der Waals surface area contributed by atoms with E-state index in [0.717, 1.165) is 20.1 Å². The maximum absolute atomic E-state index is 12.7. The molecule has 0 aliphatic rings. The molecule has 0 aliphatic carbocycles. The zero-order chi connectivity index (χ0) is 16.2. The number of rotatable bonds is 5. The maximum atomic E-state index is 12.7. The van der Waals surface area contributed by atoms with Crippen molar-refractivity contribution >= 4 is 37.8 Å². The molecule has 2 aromatic carbocycles. The van der Waals surface area contributed by atoms with E-state index in [9.17, 15) is 4.79 Å². The second-order valence-electron chi connectivity index (χ2n) is 4.62. The van der Waals surface area contributed by atoms with Gasteiger partial charge in [0.2, 0.25) is 5.60 Å². The summed E-state index contributed by atoms with van der Waals surface area (Å²) >= 11 is 6.81. The van der Waals surface area contributed by atoms with E-state index in [4.69, 9.17) is 9.47 Å². The van der Waals surface area contributed by atoms with Crippen molar-refractivity contribution in [3.63, 3.8) is 0 Å². The molecule has 0 heterocycles. The summed E-state index contributed by atoms with van der Waals surface area (Å²) in [6.45, 7) is 2.07. The van der Waals surface area contributed by atoms with Crippen LogP contribution in [0.2, 0.25) is 0 Å². The molecule has 22 heavy (non-hydrogen) atoms. The fraction of sp³-hybridized carbons (Fsp3) is 0.235. The fourth-order valence-corrected chi connectivity index (χ4v) is 2.85. The predicted molar refractivity (Wildman–Crippen MR) is 92.7 cm³/mol. The molecule has 0 amide bonds. The van der Waals surface area contributed by atoms with Gasteiger partial charge in [-0.05, 0) is 42.3 Å². The molecule has 2 aromatic rings. The largest absolute Gasteiger partial charge is 0.463 e. The van der Waals surface area contributed by atoms with Gasteiger partial charge < -0.3 is 9.47 Å². The van der Waals surface area contributed by atoms with E-state index in [0.29, 0.717) is 0 Å². The Hall–Kier alpha value is -1.17. The summed E-state index contributed by atoms with van der Waals surface area (Å²) in [7, 11) is 1.51. The zero-order valence-electron chi connectivity index (χ0n) is 12.3. The Bertz CT molecular complexity index is 590. The molecule has 0 saturated heterocycles. The van der Waals surface area contributed by atoms with Gasteiger partial charge in [0.05, 0.1) is 6.61 Å². The van der Waals surface area contributed by atoms with Crippen LogP contribution in [0.25, 0.3) is 0 Å². The van der Waals surface area contributed by atoms with E-state index in [1.165, 1.54) is 7.11 Å². The normalized spacial score (nSPS) is 11.3. The lowest BCUT2D eigenvalue weighted by Gasteiger charge is -2.31. The van der Waals surface area contributed by atoms with Crippen molar-refractivity contribution in [1.82, 2.24) is 0 Å². The molecule has 0 bridgehead atoms. The minimum atomic E-state index is -1.28. The SMILES string of the molecule is CCOC(=O)C(OC)(c1ccc(Br)cc1)c1ccc(Br)cc1. The number of carbonyl (C=O) groups excluding carboxylic acids is 1. The van der Waals surface area contributed by atoms with E-state index >= 15 is 0 Å². The third kappa shape index (κ3) is 3.26. The average Bonchev–Trinajstić information content (AvgIpc) is 2.52. The molecule has 0 atom stereocenters. The molecule has 0 unspecified atom stereocenters. The number of esters is 1. The summed E-state index contributed by atoms with van der Waals surface area (Å²) in [5.74, 6) is -0.429. The van der Waals surface area contributed by atoms with Crippen LogP contribution in [-0.4, -0.2) is 19.7 Å². The van der Waals surface area contributed by atoms with Gasteiger partial charge in [-0.15, -0.1) is 0 Å². The van der Waals surface area contributed by atoms with Crippen LogP contribution in [0, 0.1) is 0 Å². The number of carbonyl (C=O) groups is 1. The Kier molecular flexibility index (Phi) is 5.78. The Morgan fingerprint density at radius 2 is 1.36 bits per heavy atom. The summed E-state index contributed by atoms with van der Waals surface area (Å²) < 4.78 is 12.8. The first-order valence-electron chi connectivity index (χ1n) is 6.79. The molecule has 0 spiro atoms. The van der Waals surface area contributed by atoms with Crippen molar-refractivity contribution in [2.75, 3.05) is 13.7 Å². The van der Waals surface area contributed by atoms with Gasteiger partial charge in [-0.3, -0.25) is 0 Å². The van der Waals surface area contributed by atoms with E-state index in [1.54, 1.807) is 6.92 Å². The van der Waals surface area contributed by atoms with E-state index in [-0.39, 0.29) is 6.61 Å². The lowest BCUT2D eigenvalue weighted by Crippen LogP contribution is -2.40. The number of hydrogen-bond acceptors (Lipinski definition) is 3. The first kappa shape index (κ1) is 17.2. The molecular weight excluding hydrogens is 412 g/mol. The van der Waals surface area contributed by atoms with Gasteiger partial charge >= 0.3 is 5.97 Å². The van der Waals surface area contributed by atoms with Gasteiger partial charge in [0, 0.05) is 16.1 Å². The van der Waals surface area contributed by atoms with Crippen LogP contribution >= 0.6 is 31.9 Å². The topological polar surface area (TPSA) is 35.5 Å². The number of benzene rings is 2. The predicted octanol–water partition coefficient (Wildman–Crippen LogP) is 4.66. The van der Waals surface area contributed by atoms with Crippen LogP contribution in [0.3, 0.4) is 0 Å². The molecule has 116 valence electrons. The maximum Gasteiger partial charge on any atom is 0.347 e. The molecule has 0 saturated carbocycles. The summed E-state index contributed by atoms with van der Waals surface area (Å²) in [5.41, 5.74) is 0.162. The third-order valence-electron chi connectivity index (χ3n) is 3.37. The zero-order valence-corrected chi connectivity index (χ0v) is 15.5. The van der Waals surface area contributed by atoms with Crippen LogP contribution in [0.4, 0.5) is 0 Å². The van der Waals surface area contributed by atoms with Crippen molar-refractivity contribution in [3.8, 4) is 0 Å². The highest BCUT2D eigenvalue weighted by Gasteiger charge is 2.44. The van der Waals surface area contributed by atoms with Crippen molar-refractivity contribution in [2.45, 2.75) is 12.5 Å². The van der Waals surface area contributed by atoms with Crippen LogP contribution < -0.4 is 0 Å². The molecule has 0 fully saturated rings. The van der Waals surface area contributed by atoms with Gasteiger partial charge in [0.25, 0.3) is 0 Å². The van der Waals surface area contributed by atoms with Gasteiger partial charge in [0.1, 0.15) is 0 Å². The Labute approximate surface area is 146 Å².